The number of aliphatic hydroxyl groups excluding tert-OH is 1. The zero-order valence-corrected chi connectivity index (χ0v) is 23.0. The Kier molecular flexibility index (Phi) is 7.77. The number of ether oxygens (including phenoxy) is 4. The van der Waals surface area contributed by atoms with Crippen molar-refractivity contribution >= 4 is 29.7 Å². The molecule has 1 N–H and O–H groups in total. The van der Waals surface area contributed by atoms with Gasteiger partial charge in [0, 0.05) is 50.2 Å². The van der Waals surface area contributed by atoms with E-state index in [2.05, 4.69) is 0 Å². The number of esters is 4. The Labute approximate surface area is 221 Å². The summed E-state index contributed by atoms with van der Waals surface area (Å²) in [6, 6.07) is 0. The second kappa shape index (κ2) is 10.2. The number of ketones is 1. The van der Waals surface area contributed by atoms with Crippen molar-refractivity contribution in [3.63, 3.8) is 0 Å². The normalized spacial score (nSPS) is 20.6. The van der Waals surface area contributed by atoms with Gasteiger partial charge in [0.15, 0.2) is 17.3 Å². The molecule has 0 saturated heterocycles. The fourth-order valence-electron chi connectivity index (χ4n) is 5.90. The minimum absolute atomic E-state index is 0.00918. The van der Waals surface area contributed by atoms with Gasteiger partial charge in [-0.2, -0.15) is 0 Å². The van der Waals surface area contributed by atoms with Gasteiger partial charge in [0.2, 0.25) is 5.78 Å². The number of carbonyl (C=O) groups excluding carboxylic acids is 5. The molecule has 0 amide bonds. The molecule has 0 spiro atoms. The van der Waals surface area contributed by atoms with Crippen LogP contribution >= 0.6 is 0 Å². The van der Waals surface area contributed by atoms with E-state index in [-0.39, 0.29) is 40.5 Å². The summed E-state index contributed by atoms with van der Waals surface area (Å²) >= 11 is 0. The van der Waals surface area contributed by atoms with Crippen molar-refractivity contribution in [1.82, 2.24) is 0 Å². The van der Waals surface area contributed by atoms with E-state index in [0.717, 1.165) is 20.8 Å². The van der Waals surface area contributed by atoms with E-state index in [4.69, 9.17) is 18.9 Å². The highest BCUT2D eigenvalue weighted by Crippen LogP contribution is 2.62. The van der Waals surface area contributed by atoms with Crippen LogP contribution in [0.4, 0.5) is 0 Å². The van der Waals surface area contributed by atoms with Gasteiger partial charge in [-0.15, -0.1) is 0 Å². The van der Waals surface area contributed by atoms with Gasteiger partial charge in [0.25, 0.3) is 0 Å². The smallest absolute Gasteiger partial charge is 0.308 e. The molecule has 1 aromatic rings. The summed E-state index contributed by atoms with van der Waals surface area (Å²) in [5.74, 6) is -5.60. The topological polar surface area (TPSA) is 142 Å². The summed E-state index contributed by atoms with van der Waals surface area (Å²) in [7, 11) is 0. The summed E-state index contributed by atoms with van der Waals surface area (Å²) in [5.41, 5.74) is -1.14. The molecule has 3 rings (SSSR count). The first-order valence-corrected chi connectivity index (χ1v) is 12.4. The number of hydrogen-bond donors (Lipinski definition) is 1. The lowest BCUT2D eigenvalue weighted by atomic mass is 9.54. The van der Waals surface area contributed by atoms with E-state index < -0.39 is 52.2 Å². The van der Waals surface area contributed by atoms with Crippen LogP contribution < -0.4 is 14.2 Å². The lowest BCUT2D eigenvalue weighted by Gasteiger charge is -2.49. The molecule has 0 aliphatic heterocycles. The highest BCUT2D eigenvalue weighted by atomic mass is 16.6. The number of fused-ring (bicyclic) bond motifs is 3. The Morgan fingerprint density at radius 1 is 0.842 bits per heavy atom. The first-order chi connectivity index (χ1) is 17.5. The van der Waals surface area contributed by atoms with Crippen molar-refractivity contribution in [1.29, 1.82) is 0 Å². The lowest BCUT2D eigenvalue weighted by molar-refractivity contribution is -0.141. The van der Waals surface area contributed by atoms with E-state index in [9.17, 15) is 29.1 Å². The predicted molar refractivity (Wildman–Crippen MR) is 134 cm³/mol. The van der Waals surface area contributed by atoms with Crippen LogP contribution in [0.15, 0.2) is 11.3 Å². The number of rotatable bonds is 6. The van der Waals surface area contributed by atoms with Crippen LogP contribution in [0, 0.1) is 5.41 Å². The van der Waals surface area contributed by atoms with Crippen LogP contribution in [-0.4, -0.2) is 41.4 Å². The second-order valence-electron chi connectivity index (χ2n) is 10.8. The SMILES string of the molecule is CC(=O)OC[C@H](C)c1c(OC(C)=O)c(OC(C)=O)c2c(c1OC(C)=O)C(=O)C(O)=C1C(C)(C)CCC[C@@]12C. The molecule has 0 aromatic heterocycles. The molecule has 1 saturated carbocycles. The Bertz CT molecular complexity index is 1270. The zero-order chi connectivity index (χ0) is 28.7. The fraction of sp³-hybridized carbons (Fsp3) is 0.536. The molecule has 0 heterocycles. The van der Waals surface area contributed by atoms with Gasteiger partial charge in [-0.1, -0.05) is 34.1 Å². The molecular weight excluding hydrogens is 496 g/mol. The number of carbonyl (C=O) groups is 5. The van der Waals surface area contributed by atoms with Crippen LogP contribution in [0.1, 0.15) is 102 Å². The molecule has 1 fully saturated rings. The van der Waals surface area contributed by atoms with E-state index in [0.29, 0.717) is 24.8 Å². The van der Waals surface area contributed by atoms with Gasteiger partial charge in [0.1, 0.15) is 5.75 Å². The summed E-state index contributed by atoms with van der Waals surface area (Å²) < 4.78 is 22.0. The number of allylic oxidation sites excluding steroid dienone is 2. The van der Waals surface area contributed by atoms with Gasteiger partial charge in [-0.05, 0) is 23.8 Å². The van der Waals surface area contributed by atoms with Crippen molar-refractivity contribution < 1.29 is 48.0 Å². The quantitative estimate of drug-likeness (QED) is 0.409. The summed E-state index contributed by atoms with van der Waals surface area (Å²) in [4.78, 5) is 62.4. The third kappa shape index (κ3) is 5.04. The first-order valence-electron chi connectivity index (χ1n) is 12.4. The van der Waals surface area contributed by atoms with Crippen molar-refractivity contribution in [3.05, 3.63) is 28.0 Å². The number of hydrogen-bond acceptors (Lipinski definition) is 10. The van der Waals surface area contributed by atoms with E-state index in [1.54, 1.807) is 6.92 Å². The lowest BCUT2D eigenvalue weighted by Crippen LogP contribution is -2.44. The van der Waals surface area contributed by atoms with Crippen LogP contribution in [0.5, 0.6) is 17.2 Å². The molecule has 0 radical (unpaired) electrons. The van der Waals surface area contributed by atoms with E-state index >= 15 is 0 Å². The summed E-state index contributed by atoms with van der Waals surface area (Å²) in [6.45, 7) is 11.7. The van der Waals surface area contributed by atoms with Gasteiger partial charge in [-0.25, -0.2) is 0 Å². The maximum Gasteiger partial charge on any atom is 0.308 e. The third-order valence-electron chi connectivity index (χ3n) is 7.10. The Morgan fingerprint density at radius 2 is 1.37 bits per heavy atom. The largest absolute Gasteiger partial charge is 0.504 e. The Balaban J connectivity index is 2.58. The van der Waals surface area contributed by atoms with E-state index in [1.807, 2.05) is 20.8 Å². The van der Waals surface area contributed by atoms with E-state index in [1.165, 1.54) is 6.92 Å². The Morgan fingerprint density at radius 3 is 1.89 bits per heavy atom. The number of aliphatic hydroxyl groups is 1. The van der Waals surface area contributed by atoms with Gasteiger partial charge >= 0.3 is 23.9 Å². The van der Waals surface area contributed by atoms with Gasteiger partial charge in [0.05, 0.1) is 12.2 Å². The minimum atomic E-state index is -1.04. The maximum atomic E-state index is 13.9. The Hall–Kier alpha value is -3.69. The van der Waals surface area contributed by atoms with Crippen LogP contribution in [-0.2, 0) is 29.3 Å². The molecule has 10 heteroatoms. The first kappa shape index (κ1) is 28.9. The average Bonchev–Trinajstić information content (AvgIpc) is 2.75. The summed E-state index contributed by atoms with van der Waals surface area (Å²) in [5, 5.41) is 11.3. The minimum Gasteiger partial charge on any atom is -0.504 e. The van der Waals surface area contributed by atoms with Crippen molar-refractivity contribution in [3.8, 4) is 17.2 Å². The number of Topliss-reactive ketones (excluding diaryl/α,β-unsaturated/α-hetero) is 1. The molecule has 1 aromatic carbocycles. The van der Waals surface area contributed by atoms with Crippen molar-refractivity contribution in [2.24, 2.45) is 5.41 Å². The molecule has 10 nitrogen and oxygen atoms in total. The maximum absolute atomic E-state index is 13.9. The molecule has 0 bridgehead atoms. The van der Waals surface area contributed by atoms with Crippen LogP contribution in [0.3, 0.4) is 0 Å². The second-order valence-corrected chi connectivity index (χ2v) is 10.8. The molecule has 0 unspecified atom stereocenters. The molecular formula is C28H34O10. The molecule has 2 aliphatic rings. The van der Waals surface area contributed by atoms with Crippen LogP contribution in [0.2, 0.25) is 0 Å². The highest BCUT2D eigenvalue weighted by Gasteiger charge is 2.54. The number of benzene rings is 1. The molecule has 38 heavy (non-hydrogen) atoms. The van der Waals surface area contributed by atoms with Crippen molar-refractivity contribution in [2.75, 3.05) is 6.61 Å². The standard InChI is InChI=1S/C28H34O10/c1-13(12-35-14(2)29)18-23(36-15(3)30)19-20(25(38-17(5)32)24(18)37-16(4)31)28(8)11-9-10-27(6,7)26(28)22(34)21(19)33/h13,34H,9-12H2,1-8H3/t13-,28+/m0/s1. The fourth-order valence-corrected chi connectivity index (χ4v) is 5.90. The van der Waals surface area contributed by atoms with Gasteiger partial charge < -0.3 is 24.1 Å². The predicted octanol–water partition coefficient (Wildman–Crippen LogP) is 4.61. The summed E-state index contributed by atoms with van der Waals surface area (Å²) in [6.07, 6.45) is 1.87. The highest BCUT2D eigenvalue weighted by molar-refractivity contribution is 6.14. The monoisotopic (exact) mass is 530 g/mol. The average molecular weight is 531 g/mol. The van der Waals surface area contributed by atoms with Crippen LogP contribution in [0.25, 0.3) is 0 Å². The van der Waals surface area contributed by atoms with Crippen molar-refractivity contribution in [2.45, 2.75) is 86.0 Å². The molecule has 206 valence electrons. The molecule has 2 atom stereocenters. The molecule has 2 aliphatic carbocycles. The third-order valence-corrected chi connectivity index (χ3v) is 7.10. The van der Waals surface area contributed by atoms with Gasteiger partial charge in [-0.3, -0.25) is 24.0 Å². The zero-order valence-electron chi connectivity index (χ0n) is 23.0.